The number of hydrogen-bond acceptors (Lipinski definition) is 6. The predicted octanol–water partition coefficient (Wildman–Crippen LogP) is 4.16. The van der Waals surface area contributed by atoms with Gasteiger partial charge >= 0.3 is 0 Å². The van der Waals surface area contributed by atoms with Crippen LogP contribution in [0.2, 0.25) is 0 Å². The van der Waals surface area contributed by atoms with E-state index in [9.17, 15) is 26.0 Å². The first-order valence-corrected chi connectivity index (χ1v) is 11.5. The summed E-state index contributed by atoms with van der Waals surface area (Å²) in [7, 11) is -4.64. The second kappa shape index (κ2) is 9.02. The zero-order chi connectivity index (χ0) is 23.8. The summed E-state index contributed by atoms with van der Waals surface area (Å²) in [6, 6.07) is 4.79. The molecule has 2 aromatic carbocycles. The zero-order valence-corrected chi connectivity index (χ0v) is 18.3. The van der Waals surface area contributed by atoms with E-state index < -0.39 is 38.2 Å². The van der Waals surface area contributed by atoms with Crippen LogP contribution in [0.5, 0.6) is 0 Å². The van der Waals surface area contributed by atoms with Crippen LogP contribution >= 0.6 is 0 Å². The van der Waals surface area contributed by atoms with Gasteiger partial charge in [0.15, 0.2) is 10.7 Å². The van der Waals surface area contributed by atoms with Gasteiger partial charge in [-0.2, -0.15) is 0 Å². The second-order valence-corrected chi connectivity index (χ2v) is 9.29. The number of likely N-dealkylation sites (tertiary alicyclic amines) is 1. The minimum absolute atomic E-state index is 0.0301. The molecule has 1 aliphatic heterocycles. The number of nitrogens with one attached hydrogen (secondary N) is 2. The first-order chi connectivity index (χ1) is 15.6. The van der Waals surface area contributed by atoms with Crippen molar-refractivity contribution in [3.8, 4) is 0 Å². The Bertz CT molecular complexity index is 1270. The summed E-state index contributed by atoms with van der Waals surface area (Å²) >= 11 is 0. The molecular formula is C21H20F4N4O3S. The highest BCUT2D eigenvalue weighted by atomic mass is 32.2. The maximum absolute atomic E-state index is 14.6. The molecule has 3 aromatic rings. The number of anilines is 2. The second-order valence-electron chi connectivity index (χ2n) is 7.67. The molecule has 2 N–H and O–H groups in total. The highest BCUT2D eigenvalue weighted by Crippen LogP contribution is 2.27. The summed E-state index contributed by atoms with van der Waals surface area (Å²) in [5.74, 6) is -3.91. The molecule has 0 aliphatic carbocycles. The lowest BCUT2D eigenvalue weighted by Crippen LogP contribution is -2.37. The maximum atomic E-state index is 14.6. The van der Waals surface area contributed by atoms with Crippen LogP contribution in [0.3, 0.4) is 0 Å². The number of halogens is 4. The summed E-state index contributed by atoms with van der Waals surface area (Å²) in [5, 5.41) is 6.07. The first-order valence-electron chi connectivity index (χ1n) is 10.0. The van der Waals surface area contributed by atoms with Crippen molar-refractivity contribution < 1.29 is 30.5 Å². The van der Waals surface area contributed by atoms with Crippen LogP contribution in [0, 0.1) is 30.2 Å². The zero-order valence-electron chi connectivity index (χ0n) is 17.5. The smallest absolute Gasteiger partial charge is 0.269 e. The van der Waals surface area contributed by atoms with Crippen molar-refractivity contribution in [3.05, 3.63) is 70.5 Å². The van der Waals surface area contributed by atoms with Gasteiger partial charge in [-0.25, -0.2) is 26.0 Å². The lowest BCUT2D eigenvalue weighted by Gasteiger charge is -2.31. The van der Waals surface area contributed by atoms with Crippen molar-refractivity contribution in [2.24, 2.45) is 0 Å². The molecule has 33 heavy (non-hydrogen) atoms. The van der Waals surface area contributed by atoms with Gasteiger partial charge in [0.2, 0.25) is 0 Å². The van der Waals surface area contributed by atoms with Gasteiger partial charge in [0.25, 0.3) is 10.0 Å². The molecule has 1 aliphatic rings. The van der Waals surface area contributed by atoms with Crippen molar-refractivity contribution in [1.82, 2.24) is 10.1 Å². The molecule has 0 bridgehead atoms. The van der Waals surface area contributed by atoms with E-state index in [1.54, 1.807) is 0 Å². The molecule has 1 saturated heterocycles. The lowest BCUT2D eigenvalue weighted by molar-refractivity contribution is 0.169. The third-order valence-electron chi connectivity index (χ3n) is 5.25. The number of rotatable bonds is 8. The van der Waals surface area contributed by atoms with Gasteiger partial charge in [-0.3, -0.25) is 9.62 Å². The summed E-state index contributed by atoms with van der Waals surface area (Å²) in [5.41, 5.74) is 0.0525. The Labute approximate surface area is 187 Å². The fourth-order valence-electron chi connectivity index (χ4n) is 3.47. The van der Waals surface area contributed by atoms with Crippen LogP contribution in [0.25, 0.3) is 0 Å². The van der Waals surface area contributed by atoms with E-state index in [2.05, 4.69) is 10.5 Å². The number of hydrogen-bond donors (Lipinski definition) is 2. The average Bonchev–Trinajstić information content (AvgIpc) is 3.09. The molecule has 0 atom stereocenters. The molecule has 0 unspecified atom stereocenters. The van der Waals surface area contributed by atoms with Crippen LogP contribution in [-0.2, 0) is 23.1 Å². The number of aryl methyl sites for hydroxylation is 1. The standard InChI is InChI=1S/C21H20F4N4O3S/c1-12-7-20(27-32-12)28-33(30,31)21-18(24)8-13(9-19(21)25)26-10-14-15(11-29-5-2-6-29)17(23)4-3-16(14)22/h3-4,7-9,26H,2,5-6,10-11H2,1H3,(H,27,28). The Morgan fingerprint density at radius 1 is 1.00 bits per heavy atom. The molecule has 4 rings (SSSR count). The van der Waals surface area contributed by atoms with E-state index in [4.69, 9.17) is 4.52 Å². The normalized spacial score (nSPS) is 14.2. The van der Waals surface area contributed by atoms with E-state index in [1.807, 2.05) is 9.62 Å². The van der Waals surface area contributed by atoms with Gasteiger partial charge in [0.05, 0.1) is 0 Å². The SMILES string of the molecule is Cc1cc(NS(=O)(=O)c2c(F)cc(NCc3c(F)ccc(F)c3CN3CCC3)cc2F)no1. The van der Waals surface area contributed by atoms with E-state index in [0.29, 0.717) is 5.76 Å². The summed E-state index contributed by atoms with van der Waals surface area (Å²) < 4.78 is 89.5. The first kappa shape index (κ1) is 23.1. The summed E-state index contributed by atoms with van der Waals surface area (Å²) in [4.78, 5) is 0.744. The van der Waals surface area contributed by atoms with Crippen LogP contribution in [0.4, 0.5) is 29.1 Å². The molecule has 0 spiro atoms. The third kappa shape index (κ3) is 4.96. The van der Waals surface area contributed by atoms with E-state index >= 15 is 0 Å². The van der Waals surface area contributed by atoms with E-state index in [1.165, 1.54) is 13.0 Å². The van der Waals surface area contributed by atoms with Gasteiger partial charge in [-0.15, -0.1) is 0 Å². The number of aromatic nitrogens is 1. The molecular weight excluding hydrogens is 464 g/mol. The molecule has 176 valence electrons. The molecule has 7 nitrogen and oxygen atoms in total. The van der Waals surface area contributed by atoms with Gasteiger partial charge in [0, 0.05) is 36.0 Å². The third-order valence-corrected chi connectivity index (χ3v) is 6.66. The van der Waals surface area contributed by atoms with Crippen molar-refractivity contribution in [2.45, 2.75) is 31.3 Å². The highest BCUT2D eigenvalue weighted by Gasteiger charge is 2.26. The summed E-state index contributed by atoms with van der Waals surface area (Å²) in [6.45, 7) is 3.03. The predicted molar refractivity (Wildman–Crippen MR) is 112 cm³/mol. The Morgan fingerprint density at radius 2 is 1.64 bits per heavy atom. The summed E-state index contributed by atoms with van der Waals surface area (Å²) in [6.07, 6.45) is 0.976. The lowest BCUT2D eigenvalue weighted by atomic mass is 10.0. The Kier molecular flexibility index (Phi) is 6.30. The van der Waals surface area contributed by atoms with Crippen molar-refractivity contribution >= 4 is 21.5 Å². The van der Waals surface area contributed by atoms with Gasteiger partial charge < -0.3 is 9.84 Å². The minimum atomic E-state index is -4.64. The number of benzene rings is 2. The maximum Gasteiger partial charge on any atom is 0.269 e. The molecule has 12 heteroatoms. The number of sulfonamides is 1. The van der Waals surface area contributed by atoms with Crippen LogP contribution in [0.1, 0.15) is 23.3 Å². The number of nitrogens with zero attached hydrogens (tertiary/aromatic N) is 2. The Hall–Kier alpha value is -3.12. The molecule has 0 radical (unpaired) electrons. The fourth-order valence-corrected chi connectivity index (χ4v) is 4.58. The molecule has 1 aromatic heterocycles. The van der Waals surface area contributed by atoms with Crippen molar-refractivity contribution in [2.75, 3.05) is 23.1 Å². The highest BCUT2D eigenvalue weighted by molar-refractivity contribution is 7.92. The van der Waals surface area contributed by atoms with Gasteiger partial charge in [0.1, 0.15) is 29.0 Å². The van der Waals surface area contributed by atoms with Crippen LogP contribution in [-0.4, -0.2) is 31.6 Å². The quantitative estimate of drug-likeness (QED) is 0.467. The van der Waals surface area contributed by atoms with E-state index in [0.717, 1.165) is 43.8 Å². The van der Waals surface area contributed by atoms with Gasteiger partial charge in [-0.05, 0) is 50.7 Å². The van der Waals surface area contributed by atoms with Gasteiger partial charge in [-0.1, -0.05) is 5.16 Å². The Balaban J connectivity index is 1.55. The molecule has 2 heterocycles. The molecule has 0 amide bonds. The molecule has 1 fully saturated rings. The average molecular weight is 484 g/mol. The largest absolute Gasteiger partial charge is 0.381 e. The fraction of sp³-hybridized carbons (Fsp3) is 0.286. The van der Waals surface area contributed by atoms with Crippen LogP contribution < -0.4 is 10.0 Å². The molecule has 0 saturated carbocycles. The van der Waals surface area contributed by atoms with Crippen LogP contribution in [0.15, 0.2) is 39.8 Å². The monoisotopic (exact) mass is 484 g/mol. The minimum Gasteiger partial charge on any atom is -0.381 e. The Morgan fingerprint density at radius 3 is 2.18 bits per heavy atom. The van der Waals surface area contributed by atoms with Crippen molar-refractivity contribution in [1.29, 1.82) is 0 Å². The van der Waals surface area contributed by atoms with E-state index in [-0.39, 0.29) is 35.7 Å². The van der Waals surface area contributed by atoms with Crippen molar-refractivity contribution in [3.63, 3.8) is 0 Å². The topological polar surface area (TPSA) is 87.5 Å².